The molecule has 0 heterocycles. The number of amides is 1. The standard InChI is InChI=1S/C23H27N3O3/c1-16(2)19-7-5-6-8-20(19)26-15-18(14-24)23(27)25-12-11-17-9-10-21(28-3)22(13-17)29-4/h5-10,13,15-16,26H,11-12H2,1-4H3,(H,25,27)/b18-15-. The summed E-state index contributed by atoms with van der Waals surface area (Å²) in [6, 6.07) is 15.4. The molecule has 0 radical (unpaired) electrons. The van der Waals surface area contributed by atoms with Gasteiger partial charge in [-0.3, -0.25) is 4.79 Å². The summed E-state index contributed by atoms with van der Waals surface area (Å²) in [4.78, 5) is 12.3. The predicted octanol–water partition coefficient (Wildman–Crippen LogP) is 4.01. The molecule has 2 N–H and O–H groups in total. The van der Waals surface area contributed by atoms with Crippen molar-refractivity contribution < 1.29 is 14.3 Å². The van der Waals surface area contributed by atoms with E-state index in [2.05, 4.69) is 24.5 Å². The van der Waals surface area contributed by atoms with Gasteiger partial charge in [-0.1, -0.05) is 38.1 Å². The number of para-hydroxylation sites is 1. The van der Waals surface area contributed by atoms with E-state index in [9.17, 15) is 10.1 Å². The molecule has 0 spiro atoms. The van der Waals surface area contributed by atoms with Crippen molar-refractivity contribution in [3.8, 4) is 17.6 Å². The number of nitrogens with zero attached hydrogens (tertiary/aromatic N) is 1. The van der Waals surface area contributed by atoms with Crippen LogP contribution in [0.2, 0.25) is 0 Å². The van der Waals surface area contributed by atoms with E-state index in [1.54, 1.807) is 14.2 Å². The lowest BCUT2D eigenvalue weighted by Gasteiger charge is -2.12. The van der Waals surface area contributed by atoms with Crippen molar-refractivity contribution in [2.45, 2.75) is 26.2 Å². The molecule has 0 atom stereocenters. The summed E-state index contributed by atoms with van der Waals surface area (Å²) in [5.74, 6) is 1.21. The van der Waals surface area contributed by atoms with Crippen molar-refractivity contribution in [3.05, 3.63) is 65.4 Å². The lowest BCUT2D eigenvalue weighted by molar-refractivity contribution is -0.117. The van der Waals surface area contributed by atoms with Gasteiger partial charge in [0.25, 0.3) is 5.91 Å². The zero-order chi connectivity index (χ0) is 21.2. The second-order valence-corrected chi connectivity index (χ2v) is 6.75. The van der Waals surface area contributed by atoms with Crippen LogP contribution < -0.4 is 20.1 Å². The van der Waals surface area contributed by atoms with Crippen LogP contribution in [0.4, 0.5) is 5.69 Å². The fraction of sp³-hybridized carbons (Fsp3) is 0.304. The highest BCUT2D eigenvalue weighted by Gasteiger charge is 2.10. The van der Waals surface area contributed by atoms with Crippen LogP contribution >= 0.6 is 0 Å². The van der Waals surface area contributed by atoms with Gasteiger partial charge in [0, 0.05) is 18.4 Å². The highest BCUT2D eigenvalue weighted by Crippen LogP contribution is 2.27. The SMILES string of the molecule is COc1ccc(CCNC(=O)/C(C#N)=C\Nc2ccccc2C(C)C)cc1OC. The molecule has 0 bridgehead atoms. The molecule has 29 heavy (non-hydrogen) atoms. The first kappa shape index (κ1) is 21.8. The van der Waals surface area contributed by atoms with Gasteiger partial charge in [0.1, 0.15) is 11.6 Å². The number of ether oxygens (including phenoxy) is 2. The number of nitriles is 1. The number of anilines is 1. The van der Waals surface area contributed by atoms with Gasteiger partial charge in [-0.25, -0.2) is 0 Å². The van der Waals surface area contributed by atoms with Crippen molar-refractivity contribution in [1.29, 1.82) is 5.26 Å². The summed E-state index contributed by atoms with van der Waals surface area (Å²) in [5, 5.41) is 15.2. The van der Waals surface area contributed by atoms with Crippen LogP contribution in [0.15, 0.2) is 54.2 Å². The fourth-order valence-electron chi connectivity index (χ4n) is 2.88. The van der Waals surface area contributed by atoms with E-state index < -0.39 is 5.91 Å². The third kappa shape index (κ3) is 6.01. The molecule has 0 saturated carbocycles. The summed E-state index contributed by atoms with van der Waals surface area (Å²) >= 11 is 0. The maximum atomic E-state index is 12.3. The molecule has 0 aliphatic carbocycles. The van der Waals surface area contributed by atoms with Crippen LogP contribution in [-0.2, 0) is 11.2 Å². The minimum atomic E-state index is -0.414. The van der Waals surface area contributed by atoms with E-state index in [1.165, 1.54) is 6.20 Å². The largest absolute Gasteiger partial charge is 0.493 e. The highest BCUT2D eigenvalue weighted by atomic mass is 16.5. The van der Waals surface area contributed by atoms with Gasteiger partial charge in [-0.2, -0.15) is 5.26 Å². The minimum Gasteiger partial charge on any atom is -0.493 e. The van der Waals surface area contributed by atoms with E-state index in [4.69, 9.17) is 9.47 Å². The third-order valence-corrected chi connectivity index (χ3v) is 4.47. The average molecular weight is 393 g/mol. The highest BCUT2D eigenvalue weighted by molar-refractivity contribution is 5.97. The van der Waals surface area contributed by atoms with E-state index in [-0.39, 0.29) is 5.57 Å². The number of nitrogens with one attached hydrogen (secondary N) is 2. The number of carbonyl (C=O) groups excluding carboxylic acids is 1. The maximum Gasteiger partial charge on any atom is 0.263 e. The molecule has 0 unspecified atom stereocenters. The first-order valence-electron chi connectivity index (χ1n) is 9.45. The molecule has 0 aromatic heterocycles. The Morgan fingerprint density at radius 1 is 1.14 bits per heavy atom. The van der Waals surface area contributed by atoms with E-state index >= 15 is 0 Å². The first-order valence-corrected chi connectivity index (χ1v) is 9.45. The second kappa shape index (κ2) is 10.8. The number of hydrogen-bond donors (Lipinski definition) is 2. The predicted molar refractivity (Wildman–Crippen MR) is 114 cm³/mol. The van der Waals surface area contributed by atoms with Crippen LogP contribution in [-0.4, -0.2) is 26.7 Å². The number of hydrogen-bond acceptors (Lipinski definition) is 5. The molecule has 6 heteroatoms. The number of methoxy groups -OCH3 is 2. The number of benzene rings is 2. The van der Waals surface area contributed by atoms with Crippen LogP contribution in [0.3, 0.4) is 0 Å². The van der Waals surface area contributed by atoms with Crippen molar-refractivity contribution >= 4 is 11.6 Å². The molecular weight excluding hydrogens is 366 g/mol. The van der Waals surface area contributed by atoms with Gasteiger partial charge < -0.3 is 20.1 Å². The Labute approximate surface area is 172 Å². The Bertz CT molecular complexity index is 914. The summed E-state index contributed by atoms with van der Waals surface area (Å²) in [7, 11) is 3.17. The Kier molecular flexibility index (Phi) is 8.11. The summed E-state index contributed by atoms with van der Waals surface area (Å²) in [6.07, 6.45) is 2.06. The maximum absolute atomic E-state index is 12.3. The Hall–Kier alpha value is -3.46. The first-order chi connectivity index (χ1) is 14.0. The average Bonchev–Trinajstić information content (AvgIpc) is 2.74. The molecule has 0 aliphatic heterocycles. The van der Waals surface area contributed by atoms with Crippen LogP contribution in [0, 0.1) is 11.3 Å². The molecule has 152 valence electrons. The summed E-state index contributed by atoms with van der Waals surface area (Å²) in [5.41, 5.74) is 3.02. The van der Waals surface area contributed by atoms with Gasteiger partial charge in [0.15, 0.2) is 11.5 Å². The Morgan fingerprint density at radius 2 is 1.86 bits per heavy atom. The van der Waals surface area contributed by atoms with Crippen molar-refractivity contribution in [2.24, 2.45) is 0 Å². The Balaban J connectivity index is 1.97. The van der Waals surface area contributed by atoms with Gasteiger partial charge in [-0.15, -0.1) is 0 Å². The smallest absolute Gasteiger partial charge is 0.263 e. The van der Waals surface area contributed by atoms with Gasteiger partial charge in [0.2, 0.25) is 0 Å². The Morgan fingerprint density at radius 3 is 2.52 bits per heavy atom. The lowest BCUT2D eigenvalue weighted by Crippen LogP contribution is -2.27. The topological polar surface area (TPSA) is 83.4 Å². The van der Waals surface area contributed by atoms with Crippen LogP contribution in [0.1, 0.15) is 30.9 Å². The van der Waals surface area contributed by atoms with Crippen LogP contribution in [0.5, 0.6) is 11.5 Å². The monoisotopic (exact) mass is 393 g/mol. The molecule has 1 amide bonds. The lowest BCUT2D eigenvalue weighted by atomic mass is 10.0. The molecular formula is C23H27N3O3. The zero-order valence-corrected chi connectivity index (χ0v) is 17.3. The molecule has 2 aromatic rings. The van der Waals surface area contributed by atoms with Crippen molar-refractivity contribution in [2.75, 3.05) is 26.1 Å². The van der Waals surface area contributed by atoms with E-state index in [0.29, 0.717) is 30.4 Å². The summed E-state index contributed by atoms with van der Waals surface area (Å²) < 4.78 is 10.5. The summed E-state index contributed by atoms with van der Waals surface area (Å²) in [6.45, 7) is 4.59. The molecule has 0 fully saturated rings. The number of carbonyl (C=O) groups is 1. The zero-order valence-electron chi connectivity index (χ0n) is 17.3. The molecule has 0 saturated heterocycles. The molecule has 2 aromatic carbocycles. The molecule has 6 nitrogen and oxygen atoms in total. The van der Waals surface area contributed by atoms with Crippen LogP contribution in [0.25, 0.3) is 0 Å². The minimum absolute atomic E-state index is 0.0240. The second-order valence-electron chi connectivity index (χ2n) is 6.75. The quantitative estimate of drug-likeness (QED) is 0.497. The van der Waals surface area contributed by atoms with Crippen molar-refractivity contribution in [1.82, 2.24) is 5.32 Å². The van der Waals surface area contributed by atoms with E-state index in [0.717, 1.165) is 16.8 Å². The number of rotatable bonds is 9. The van der Waals surface area contributed by atoms with E-state index in [1.807, 2.05) is 48.5 Å². The van der Waals surface area contributed by atoms with Gasteiger partial charge in [-0.05, 0) is 41.7 Å². The fourth-order valence-corrected chi connectivity index (χ4v) is 2.88. The van der Waals surface area contributed by atoms with Gasteiger partial charge >= 0.3 is 0 Å². The molecule has 0 aliphatic rings. The molecule has 2 rings (SSSR count). The normalized spacial score (nSPS) is 11.0. The van der Waals surface area contributed by atoms with Gasteiger partial charge in [0.05, 0.1) is 14.2 Å². The van der Waals surface area contributed by atoms with Crippen molar-refractivity contribution in [3.63, 3.8) is 0 Å². The third-order valence-electron chi connectivity index (χ3n) is 4.47.